The van der Waals surface area contributed by atoms with Gasteiger partial charge in [-0.2, -0.15) is 4.89 Å². The third-order valence-electron chi connectivity index (χ3n) is 3.66. The van der Waals surface area contributed by atoms with E-state index in [-0.39, 0.29) is 42.1 Å². The topological polar surface area (TPSA) is 54.4 Å². The van der Waals surface area contributed by atoms with E-state index in [1.54, 1.807) is 24.3 Å². The number of benzene rings is 2. The monoisotopic (exact) mass is 311 g/mol. The molecular weight excluding hydrogens is 294 g/mol. The van der Waals surface area contributed by atoms with Gasteiger partial charge in [-0.05, 0) is 54.2 Å². The molecule has 0 saturated heterocycles. The molecule has 2 aromatic rings. The van der Waals surface area contributed by atoms with Gasteiger partial charge in [-0.25, -0.2) is 0 Å². The van der Waals surface area contributed by atoms with E-state index in [4.69, 9.17) is 0 Å². The molecule has 104 valence electrons. The Hall–Kier alpha value is -0.830. The molecule has 0 bridgehead atoms. The van der Waals surface area contributed by atoms with Crippen molar-refractivity contribution in [1.29, 1.82) is 0 Å². The summed E-state index contributed by atoms with van der Waals surface area (Å²) >= 11 is 0. The summed E-state index contributed by atoms with van der Waals surface area (Å²) in [6.07, 6.45) is 0. The minimum absolute atomic E-state index is 0. The molecule has 3 nitrogen and oxygen atoms in total. The molecule has 0 heterocycles. The van der Waals surface area contributed by atoms with Gasteiger partial charge in [0.2, 0.25) is 5.30 Å². The Bertz CT molecular complexity index is 717. The second kappa shape index (κ2) is 7.44. The first-order valence-electron chi connectivity index (χ1n) is 6.30. The third kappa shape index (κ3) is 3.68. The normalized spacial score (nSPS) is 10.8. The van der Waals surface area contributed by atoms with E-state index in [1.165, 1.54) is 6.07 Å². The number of rotatable bonds is 3. The van der Waals surface area contributed by atoms with Crippen LogP contribution in [-0.4, -0.2) is 10.7 Å². The summed E-state index contributed by atoms with van der Waals surface area (Å²) in [5.41, 5.74) is 3.99. The van der Waals surface area contributed by atoms with Crippen molar-refractivity contribution in [3.8, 4) is 0 Å². The summed E-state index contributed by atoms with van der Waals surface area (Å²) in [5.74, 6) is -0.210. The zero-order valence-corrected chi connectivity index (χ0v) is 15.6. The largest absolute Gasteiger partial charge is 1.00 e. The molecule has 0 aliphatic carbocycles. The van der Waals surface area contributed by atoms with Crippen molar-refractivity contribution < 1.29 is 45.2 Å². The number of hydrogen-bond acceptors (Lipinski definition) is 2. The van der Waals surface area contributed by atoms with E-state index in [0.29, 0.717) is 11.1 Å². The van der Waals surface area contributed by atoms with Gasteiger partial charge in [0.15, 0.2) is 5.78 Å². The minimum atomic E-state index is -2.53. The molecular formula is C16H17NaO3P+. The molecule has 0 aromatic heterocycles. The number of carbonyl (C=O) groups is 1. The average Bonchev–Trinajstić information content (AvgIpc) is 2.44. The minimum Gasteiger partial charge on any atom is -1.00 e. The molecule has 1 N–H and O–H groups in total. The number of ketones is 1. The van der Waals surface area contributed by atoms with E-state index in [9.17, 15) is 14.3 Å². The van der Waals surface area contributed by atoms with Crippen LogP contribution in [0.5, 0.6) is 0 Å². The maximum atomic E-state index is 12.6. The van der Waals surface area contributed by atoms with E-state index < -0.39 is 8.03 Å². The van der Waals surface area contributed by atoms with Crippen molar-refractivity contribution in [1.82, 2.24) is 0 Å². The summed E-state index contributed by atoms with van der Waals surface area (Å²) in [5, 5.41) is 0.185. The third-order valence-corrected chi connectivity index (χ3v) is 4.46. The molecule has 0 radical (unpaired) electrons. The first-order chi connectivity index (χ1) is 9.43. The second-order valence-electron chi connectivity index (χ2n) is 4.80. The van der Waals surface area contributed by atoms with E-state index >= 15 is 0 Å². The zero-order valence-electron chi connectivity index (χ0n) is 13.7. The molecule has 0 fully saturated rings. The fourth-order valence-electron chi connectivity index (χ4n) is 2.18. The second-order valence-corrected chi connectivity index (χ2v) is 5.83. The Labute approximate surface area is 149 Å². The molecule has 5 heteroatoms. The van der Waals surface area contributed by atoms with Gasteiger partial charge in [-0.1, -0.05) is 24.3 Å². The van der Waals surface area contributed by atoms with Crippen molar-refractivity contribution in [3.63, 3.8) is 0 Å². The SMILES string of the molecule is Cc1ccc(C(=O)c2ccccc2[P+](=O)O)c(C)c1C.[H-].[Na+]. The fourth-order valence-corrected chi connectivity index (χ4v) is 2.78. The first-order valence-corrected chi connectivity index (χ1v) is 7.51. The Balaban J connectivity index is 0.00000220. The fraction of sp³-hybridized carbons (Fsp3) is 0.188. The van der Waals surface area contributed by atoms with Crippen molar-refractivity contribution >= 4 is 19.1 Å². The van der Waals surface area contributed by atoms with Crippen LogP contribution in [0.15, 0.2) is 36.4 Å². The smallest absolute Gasteiger partial charge is 1.00 e. The maximum Gasteiger partial charge on any atom is 1.00 e. The number of aryl methyl sites for hydroxylation is 1. The summed E-state index contributed by atoms with van der Waals surface area (Å²) in [6, 6.07) is 10.1. The summed E-state index contributed by atoms with van der Waals surface area (Å²) in [7, 11) is -2.53. The van der Waals surface area contributed by atoms with Gasteiger partial charge in [0.05, 0.1) is 5.56 Å². The molecule has 1 unspecified atom stereocenters. The van der Waals surface area contributed by atoms with Crippen LogP contribution in [0, 0.1) is 20.8 Å². The Morgan fingerprint density at radius 1 is 1.00 bits per heavy atom. The van der Waals surface area contributed by atoms with Crippen molar-refractivity contribution in [2.45, 2.75) is 20.8 Å². The molecule has 0 spiro atoms. The van der Waals surface area contributed by atoms with Gasteiger partial charge >= 0.3 is 37.6 Å². The summed E-state index contributed by atoms with van der Waals surface area (Å²) in [6.45, 7) is 5.87. The predicted octanol–water partition coefficient (Wildman–Crippen LogP) is 0.319. The molecule has 21 heavy (non-hydrogen) atoms. The van der Waals surface area contributed by atoms with Gasteiger partial charge in [-0.3, -0.25) is 4.79 Å². The van der Waals surface area contributed by atoms with Crippen LogP contribution < -0.4 is 34.9 Å². The molecule has 0 saturated carbocycles. The zero-order chi connectivity index (χ0) is 14.9. The van der Waals surface area contributed by atoms with Crippen LogP contribution in [-0.2, 0) is 4.57 Å². The molecule has 1 atom stereocenters. The van der Waals surface area contributed by atoms with Gasteiger partial charge in [0, 0.05) is 5.56 Å². The van der Waals surface area contributed by atoms with Gasteiger partial charge in [0.1, 0.15) is 0 Å². The quantitative estimate of drug-likeness (QED) is 0.505. The standard InChI is InChI=1S/C16H15O3P.Na.H/c1-10-8-9-13(12(3)11(10)2)16(17)14-6-4-5-7-15(14)20(18)19;;/h4-9H,1-3H3;;/q;+1;-1/p+1. The Morgan fingerprint density at radius 2 is 1.62 bits per heavy atom. The van der Waals surface area contributed by atoms with E-state index in [1.807, 2.05) is 26.8 Å². The average molecular weight is 311 g/mol. The molecule has 2 rings (SSSR count). The van der Waals surface area contributed by atoms with Crippen LogP contribution in [0.3, 0.4) is 0 Å². The summed E-state index contributed by atoms with van der Waals surface area (Å²) < 4.78 is 11.4. The summed E-state index contributed by atoms with van der Waals surface area (Å²) in [4.78, 5) is 21.9. The Kier molecular flexibility index (Phi) is 6.45. The van der Waals surface area contributed by atoms with Crippen LogP contribution in [0.4, 0.5) is 0 Å². The van der Waals surface area contributed by atoms with Crippen LogP contribution >= 0.6 is 8.03 Å². The maximum absolute atomic E-state index is 12.6. The molecule has 0 aliphatic heterocycles. The van der Waals surface area contributed by atoms with Gasteiger partial charge < -0.3 is 1.43 Å². The van der Waals surface area contributed by atoms with Crippen molar-refractivity contribution in [2.24, 2.45) is 0 Å². The number of hydrogen-bond donors (Lipinski definition) is 1. The molecule has 2 aromatic carbocycles. The molecule has 0 amide bonds. The van der Waals surface area contributed by atoms with Gasteiger partial charge in [0.25, 0.3) is 0 Å². The van der Waals surface area contributed by atoms with E-state index in [0.717, 1.165) is 16.7 Å². The number of carbonyl (C=O) groups excluding carboxylic acids is 1. The first kappa shape index (κ1) is 18.2. The van der Waals surface area contributed by atoms with Crippen LogP contribution in [0.25, 0.3) is 0 Å². The van der Waals surface area contributed by atoms with Crippen molar-refractivity contribution in [3.05, 3.63) is 64.2 Å². The predicted molar refractivity (Wildman–Crippen MR) is 81.1 cm³/mol. The van der Waals surface area contributed by atoms with Crippen LogP contribution in [0.1, 0.15) is 34.0 Å². The molecule has 0 aliphatic rings. The van der Waals surface area contributed by atoms with Crippen LogP contribution in [0.2, 0.25) is 0 Å². The van der Waals surface area contributed by atoms with Crippen molar-refractivity contribution in [2.75, 3.05) is 0 Å². The van der Waals surface area contributed by atoms with E-state index in [2.05, 4.69) is 0 Å². The van der Waals surface area contributed by atoms with Gasteiger partial charge in [-0.15, -0.1) is 0 Å². The Morgan fingerprint density at radius 3 is 2.24 bits per heavy atom.